The number of rotatable bonds is 7. The van der Waals surface area contributed by atoms with Crippen LogP contribution in [0.3, 0.4) is 0 Å². The number of aryl methyl sites for hydroxylation is 2. The van der Waals surface area contributed by atoms with Crippen molar-refractivity contribution in [3.05, 3.63) is 83.8 Å². The van der Waals surface area contributed by atoms with Gasteiger partial charge in [-0.1, -0.05) is 24.3 Å². The molecule has 0 unspecified atom stereocenters. The number of benzene rings is 3. The lowest BCUT2D eigenvalue weighted by Crippen LogP contribution is -2.00. The van der Waals surface area contributed by atoms with Gasteiger partial charge in [-0.3, -0.25) is 9.48 Å². The van der Waals surface area contributed by atoms with Gasteiger partial charge < -0.3 is 9.84 Å². The zero-order chi connectivity index (χ0) is 21.1. The third-order valence-electron chi connectivity index (χ3n) is 5.01. The topological polar surface area (TPSA) is 64.4 Å². The van der Waals surface area contributed by atoms with Crippen molar-refractivity contribution < 1.29 is 19.0 Å². The summed E-state index contributed by atoms with van der Waals surface area (Å²) >= 11 is 0. The summed E-state index contributed by atoms with van der Waals surface area (Å²) in [6, 6.07) is 18.0. The molecule has 4 rings (SSSR count). The fourth-order valence-electron chi connectivity index (χ4n) is 3.45. The highest BCUT2D eigenvalue weighted by Gasteiger charge is 2.11. The lowest BCUT2D eigenvalue weighted by Gasteiger charge is -2.14. The third-order valence-corrected chi connectivity index (χ3v) is 5.01. The molecule has 0 saturated carbocycles. The average molecular weight is 404 g/mol. The molecule has 0 amide bonds. The Hall–Kier alpha value is -3.67. The minimum absolute atomic E-state index is 0.0601. The van der Waals surface area contributed by atoms with Crippen LogP contribution in [0.2, 0.25) is 0 Å². The van der Waals surface area contributed by atoms with E-state index in [2.05, 4.69) is 5.10 Å². The van der Waals surface area contributed by atoms with Gasteiger partial charge in [-0.25, -0.2) is 4.39 Å². The van der Waals surface area contributed by atoms with Crippen molar-refractivity contribution in [2.45, 2.75) is 19.4 Å². The van der Waals surface area contributed by atoms with Gasteiger partial charge in [0.2, 0.25) is 0 Å². The van der Waals surface area contributed by atoms with E-state index in [1.54, 1.807) is 12.3 Å². The van der Waals surface area contributed by atoms with Crippen molar-refractivity contribution in [3.63, 3.8) is 0 Å². The summed E-state index contributed by atoms with van der Waals surface area (Å²) in [5.41, 5.74) is 4.47. The van der Waals surface area contributed by atoms with Crippen LogP contribution in [0, 0.1) is 5.82 Å². The van der Waals surface area contributed by atoms with Gasteiger partial charge in [0.25, 0.3) is 0 Å². The highest BCUT2D eigenvalue weighted by Crippen LogP contribution is 2.34. The molecular formula is C24H21FN2O3. The number of nitrogens with zero attached hydrogens (tertiary/aromatic N) is 2. The molecule has 6 heteroatoms. The summed E-state index contributed by atoms with van der Waals surface area (Å²) in [4.78, 5) is 11.0. The number of aliphatic carboxylic acids is 1. The van der Waals surface area contributed by atoms with Crippen LogP contribution in [0.5, 0.6) is 5.75 Å². The van der Waals surface area contributed by atoms with Crippen LogP contribution in [0.4, 0.5) is 4.39 Å². The Morgan fingerprint density at radius 2 is 1.97 bits per heavy atom. The fraction of sp³-hybridized carbons (Fsp3) is 0.167. The van der Waals surface area contributed by atoms with Gasteiger partial charge in [0.05, 0.1) is 11.7 Å². The van der Waals surface area contributed by atoms with Gasteiger partial charge in [0.15, 0.2) is 0 Å². The van der Waals surface area contributed by atoms with Gasteiger partial charge in [0.1, 0.15) is 18.2 Å². The second kappa shape index (κ2) is 8.37. The number of carbonyl (C=O) groups is 1. The Labute approximate surface area is 173 Å². The molecule has 0 spiro atoms. The third kappa shape index (κ3) is 4.33. The van der Waals surface area contributed by atoms with Crippen LogP contribution < -0.4 is 4.74 Å². The van der Waals surface area contributed by atoms with Crippen molar-refractivity contribution in [1.82, 2.24) is 9.78 Å². The standard InChI is InChI=1S/C24H21FN2O3/c1-27-22-8-7-18(13-19(22)14-26-27)21-12-16(6-10-24(28)29)5-9-23(21)30-15-17-3-2-4-20(25)11-17/h2-5,7-9,11-14H,6,10,15H2,1H3,(H,28,29). The second-order valence-corrected chi connectivity index (χ2v) is 7.18. The molecule has 0 bridgehead atoms. The summed E-state index contributed by atoms with van der Waals surface area (Å²) in [6.45, 7) is 0.231. The van der Waals surface area contributed by atoms with Gasteiger partial charge in [-0.15, -0.1) is 0 Å². The number of halogens is 1. The van der Waals surface area contributed by atoms with E-state index in [0.29, 0.717) is 12.2 Å². The maximum Gasteiger partial charge on any atom is 0.303 e. The Morgan fingerprint density at radius 1 is 1.10 bits per heavy atom. The SMILES string of the molecule is Cn1ncc2cc(-c3cc(CCC(=O)O)ccc3OCc3cccc(F)c3)ccc21. The predicted octanol–water partition coefficient (Wildman–Crippen LogP) is 4.98. The molecule has 4 aromatic rings. The number of hydrogen-bond acceptors (Lipinski definition) is 3. The van der Waals surface area contributed by atoms with Crippen molar-refractivity contribution >= 4 is 16.9 Å². The first kappa shape index (κ1) is 19.6. The Bertz CT molecular complexity index is 1220. The van der Waals surface area contributed by atoms with Crippen molar-refractivity contribution in [2.75, 3.05) is 0 Å². The van der Waals surface area contributed by atoms with E-state index in [1.165, 1.54) is 12.1 Å². The van der Waals surface area contributed by atoms with Crippen molar-refractivity contribution in [2.24, 2.45) is 7.05 Å². The number of fused-ring (bicyclic) bond motifs is 1. The Morgan fingerprint density at radius 3 is 2.77 bits per heavy atom. The van der Waals surface area contributed by atoms with Crippen LogP contribution in [-0.2, 0) is 24.9 Å². The Kier molecular flexibility index (Phi) is 5.48. The zero-order valence-electron chi connectivity index (χ0n) is 16.5. The van der Waals surface area contributed by atoms with E-state index in [-0.39, 0.29) is 18.8 Å². The van der Waals surface area contributed by atoms with Crippen LogP contribution in [-0.4, -0.2) is 20.9 Å². The predicted molar refractivity (Wildman–Crippen MR) is 113 cm³/mol. The minimum atomic E-state index is -0.834. The molecule has 1 aromatic heterocycles. The molecule has 152 valence electrons. The summed E-state index contributed by atoms with van der Waals surface area (Å²) in [6.07, 6.45) is 2.30. The number of carboxylic acid groups (broad SMARTS) is 1. The van der Waals surface area contributed by atoms with E-state index in [4.69, 9.17) is 9.84 Å². The molecule has 1 heterocycles. The second-order valence-electron chi connectivity index (χ2n) is 7.18. The van der Waals surface area contributed by atoms with E-state index in [9.17, 15) is 9.18 Å². The maximum atomic E-state index is 13.5. The summed E-state index contributed by atoms with van der Waals surface area (Å²) < 4.78 is 21.3. The van der Waals surface area contributed by atoms with E-state index in [0.717, 1.165) is 33.2 Å². The maximum absolute atomic E-state index is 13.5. The van der Waals surface area contributed by atoms with Crippen LogP contribution >= 0.6 is 0 Å². The highest BCUT2D eigenvalue weighted by molar-refractivity contribution is 5.86. The number of hydrogen-bond donors (Lipinski definition) is 1. The van der Waals surface area contributed by atoms with Crippen molar-refractivity contribution in [1.29, 1.82) is 0 Å². The first-order chi connectivity index (χ1) is 14.5. The molecule has 0 aliphatic carbocycles. The summed E-state index contributed by atoms with van der Waals surface area (Å²) in [5.74, 6) is -0.483. The molecule has 0 atom stereocenters. The summed E-state index contributed by atoms with van der Waals surface area (Å²) in [7, 11) is 1.89. The molecule has 3 aromatic carbocycles. The number of aromatic nitrogens is 2. The molecule has 0 fully saturated rings. The first-order valence-corrected chi connectivity index (χ1v) is 9.64. The summed E-state index contributed by atoms with van der Waals surface area (Å²) in [5, 5.41) is 14.3. The molecule has 0 aliphatic rings. The van der Waals surface area contributed by atoms with Gasteiger partial charge in [0, 0.05) is 24.4 Å². The van der Waals surface area contributed by atoms with Gasteiger partial charge >= 0.3 is 5.97 Å². The lowest BCUT2D eigenvalue weighted by atomic mass is 9.99. The quantitative estimate of drug-likeness (QED) is 0.472. The zero-order valence-corrected chi connectivity index (χ0v) is 16.5. The average Bonchev–Trinajstić information content (AvgIpc) is 3.11. The molecular weight excluding hydrogens is 383 g/mol. The van der Waals surface area contributed by atoms with Crippen LogP contribution in [0.1, 0.15) is 17.5 Å². The molecule has 0 aliphatic heterocycles. The largest absolute Gasteiger partial charge is 0.488 e. The van der Waals surface area contributed by atoms with Crippen LogP contribution in [0.15, 0.2) is 66.9 Å². The van der Waals surface area contributed by atoms with Gasteiger partial charge in [-0.05, 0) is 59.5 Å². The molecule has 0 saturated heterocycles. The van der Waals surface area contributed by atoms with Crippen molar-refractivity contribution in [3.8, 4) is 16.9 Å². The fourth-order valence-corrected chi connectivity index (χ4v) is 3.45. The van der Waals surface area contributed by atoms with Gasteiger partial charge in [-0.2, -0.15) is 5.10 Å². The first-order valence-electron chi connectivity index (χ1n) is 9.64. The van der Waals surface area contributed by atoms with E-state index >= 15 is 0 Å². The smallest absolute Gasteiger partial charge is 0.303 e. The molecule has 1 N–H and O–H groups in total. The lowest BCUT2D eigenvalue weighted by molar-refractivity contribution is -0.136. The monoisotopic (exact) mass is 404 g/mol. The number of ether oxygens (including phenoxy) is 1. The molecule has 30 heavy (non-hydrogen) atoms. The Balaban J connectivity index is 1.69. The van der Waals surface area contributed by atoms with Crippen LogP contribution in [0.25, 0.3) is 22.0 Å². The molecule has 0 radical (unpaired) electrons. The minimum Gasteiger partial charge on any atom is -0.488 e. The molecule has 5 nitrogen and oxygen atoms in total. The van der Waals surface area contributed by atoms with E-state index in [1.807, 2.05) is 54.2 Å². The number of carboxylic acids is 1. The normalized spacial score (nSPS) is 11.0. The highest BCUT2D eigenvalue weighted by atomic mass is 19.1. The van der Waals surface area contributed by atoms with E-state index < -0.39 is 5.97 Å².